The van der Waals surface area contributed by atoms with E-state index in [2.05, 4.69) is 10.0 Å². The number of halogens is 1. The molecule has 0 bridgehead atoms. The van der Waals surface area contributed by atoms with Gasteiger partial charge >= 0.3 is 0 Å². The van der Waals surface area contributed by atoms with E-state index in [1.807, 2.05) is 13.8 Å². The van der Waals surface area contributed by atoms with Crippen LogP contribution in [-0.4, -0.2) is 26.9 Å². The topological polar surface area (TPSA) is 101 Å². The first-order valence-electron chi connectivity index (χ1n) is 6.38. The highest BCUT2D eigenvalue weighted by Crippen LogP contribution is 2.29. The fraction of sp³-hybridized carbons (Fsp3) is 0.500. The first kappa shape index (κ1) is 17.3. The summed E-state index contributed by atoms with van der Waals surface area (Å²) in [6.07, 6.45) is 0.768. The molecule has 0 saturated carbocycles. The highest BCUT2D eigenvalue weighted by Gasteiger charge is 2.26. The Morgan fingerprint density at radius 3 is 2.52 bits per heavy atom. The zero-order valence-corrected chi connectivity index (χ0v) is 12.8. The molecule has 7 nitrogen and oxygen atoms in total. The normalized spacial score (nSPS) is 13.0. The van der Waals surface area contributed by atoms with Crippen molar-refractivity contribution in [1.29, 1.82) is 0 Å². The molecular formula is C12H18FN3O4S. The number of nitro groups is 1. The number of sulfonamides is 1. The Morgan fingerprint density at radius 2 is 2.05 bits per heavy atom. The molecule has 1 aromatic carbocycles. The van der Waals surface area contributed by atoms with Crippen molar-refractivity contribution in [1.82, 2.24) is 4.72 Å². The van der Waals surface area contributed by atoms with Crippen molar-refractivity contribution >= 4 is 21.4 Å². The predicted molar refractivity (Wildman–Crippen MR) is 77.2 cm³/mol. The van der Waals surface area contributed by atoms with Gasteiger partial charge in [-0.25, -0.2) is 17.5 Å². The van der Waals surface area contributed by atoms with E-state index in [4.69, 9.17) is 0 Å². The van der Waals surface area contributed by atoms with Gasteiger partial charge in [-0.15, -0.1) is 0 Å². The summed E-state index contributed by atoms with van der Waals surface area (Å²) in [5.74, 6) is -1.07. The van der Waals surface area contributed by atoms with Crippen molar-refractivity contribution in [3.8, 4) is 0 Å². The molecule has 0 amide bonds. The predicted octanol–water partition coefficient (Wildman–Crippen LogP) is 2.10. The van der Waals surface area contributed by atoms with E-state index in [1.165, 1.54) is 7.05 Å². The summed E-state index contributed by atoms with van der Waals surface area (Å²) < 4.78 is 40.7. The molecule has 21 heavy (non-hydrogen) atoms. The van der Waals surface area contributed by atoms with Gasteiger partial charge < -0.3 is 5.32 Å². The fourth-order valence-corrected chi connectivity index (χ4v) is 3.03. The molecule has 2 N–H and O–H groups in total. The van der Waals surface area contributed by atoms with Crippen LogP contribution in [0.5, 0.6) is 0 Å². The number of benzene rings is 1. The molecule has 1 atom stereocenters. The van der Waals surface area contributed by atoms with Crippen LogP contribution < -0.4 is 10.0 Å². The Kier molecular flexibility index (Phi) is 5.62. The summed E-state index contributed by atoms with van der Waals surface area (Å²) in [5.41, 5.74) is -0.670. The van der Waals surface area contributed by atoms with Gasteiger partial charge in [0.2, 0.25) is 10.0 Å². The molecule has 0 radical (unpaired) electrons. The second kappa shape index (κ2) is 6.81. The number of hydrogen-bond acceptors (Lipinski definition) is 5. The van der Waals surface area contributed by atoms with Crippen molar-refractivity contribution in [2.24, 2.45) is 5.92 Å². The second-order valence-corrected chi connectivity index (χ2v) is 6.38. The minimum atomic E-state index is -4.09. The largest absolute Gasteiger partial charge is 0.387 e. The first-order chi connectivity index (χ1) is 9.72. The van der Waals surface area contributed by atoms with Crippen LogP contribution in [0.15, 0.2) is 17.0 Å². The maximum Gasteiger partial charge on any atom is 0.274 e. The molecule has 0 aliphatic carbocycles. The monoisotopic (exact) mass is 319 g/mol. The van der Waals surface area contributed by atoms with Crippen LogP contribution in [0.3, 0.4) is 0 Å². The van der Waals surface area contributed by atoms with Crippen molar-refractivity contribution in [3.05, 3.63) is 28.1 Å². The SMILES string of the molecule is CCC(C)CNS(=O)(=O)c1c(F)cc([N+](=O)[O-])cc1NC. The smallest absolute Gasteiger partial charge is 0.274 e. The van der Waals surface area contributed by atoms with E-state index in [9.17, 15) is 22.9 Å². The van der Waals surface area contributed by atoms with Crippen molar-refractivity contribution in [2.45, 2.75) is 25.2 Å². The second-order valence-electron chi connectivity index (χ2n) is 4.68. The zero-order chi connectivity index (χ0) is 16.2. The van der Waals surface area contributed by atoms with Gasteiger partial charge in [0.15, 0.2) is 5.82 Å². The molecule has 9 heteroatoms. The van der Waals surface area contributed by atoms with E-state index < -0.39 is 31.3 Å². The third-order valence-corrected chi connectivity index (χ3v) is 4.60. The summed E-state index contributed by atoms with van der Waals surface area (Å²) in [7, 11) is -2.72. The van der Waals surface area contributed by atoms with Crippen LogP contribution in [0.25, 0.3) is 0 Å². The maximum absolute atomic E-state index is 14.0. The van der Waals surface area contributed by atoms with Gasteiger partial charge in [0.25, 0.3) is 5.69 Å². The lowest BCUT2D eigenvalue weighted by Gasteiger charge is -2.14. The number of nitro benzene ring substituents is 1. The number of anilines is 1. The molecule has 0 fully saturated rings. The van der Waals surface area contributed by atoms with Gasteiger partial charge in [0.05, 0.1) is 16.7 Å². The van der Waals surface area contributed by atoms with Crippen LogP contribution in [-0.2, 0) is 10.0 Å². The Labute approximate surface area is 122 Å². The third kappa shape index (κ3) is 4.11. The summed E-state index contributed by atoms with van der Waals surface area (Å²) >= 11 is 0. The molecule has 0 saturated heterocycles. The van der Waals surface area contributed by atoms with Gasteiger partial charge in [0.1, 0.15) is 4.90 Å². The van der Waals surface area contributed by atoms with Gasteiger partial charge in [-0.1, -0.05) is 20.3 Å². The van der Waals surface area contributed by atoms with E-state index in [0.717, 1.165) is 12.5 Å². The molecule has 0 heterocycles. The quantitative estimate of drug-likeness (QED) is 0.592. The number of nitrogens with zero attached hydrogens (tertiary/aromatic N) is 1. The van der Waals surface area contributed by atoms with Crippen LogP contribution in [0.2, 0.25) is 0 Å². The van der Waals surface area contributed by atoms with Crippen molar-refractivity contribution in [2.75, 3.05) is 18.9 Å². The van der Waals surface area contributed by atoms with Gasteiger partial charge in [-0.05, 0) is 5.92 Å². The van der Waals surface area contributed by atoms with Crippen LogP contribution in [0.4, 0.5) is 15.8 Å². The summed E-state index contributed by atoms with van der Waals surface area (Å²) in [5, 5.41) is 13.2. The molecular weight excluding hydrogens is 301 g/mol. The summed E-state index contributed by atoms with van der Waals surface area (Å²) in [6, 6.07) is 1.58. The number of nitrogens with one attached hydrogen (secondary N) is 2. The molecule has 0 spiro atoms. The minimum Gasteiger partial charge on any atom is -0.387 e. The number of non-ortho nitro benzene ring substituents is 1. The number of hydrogen-bond donors (Lipinski definition) is 2. The molecule has 118 valence electrons. The van der Waals surface area contributed by atoms with Crippen LogP contribution >= 0.6 is 0 Å². The lowest BCUT2D eigenvalue weighted by Crippen LogP contribution is -2.29. The fourth-order valence-electron chi connectivity index (χ4n) is 1.61. The molecule has 0 aromatic heterocycles. The van der Waals surface area contributed by atoms with E-state index in [0.29, 0.717) is 6.07 Å². The van der Waals surface area contributed by atoms with Crippen molar-refractivity contribution in [3.63, 3.8) is 0 Å². The Balaban J connectivity index is 3.25. The highest BCUT2D eigenvalue weighted by molar-refractivity contribution is 7.89. The molecule has 0 aliphatic heterocycles. The molecule has 1 aromatic rings. The van der Waals surface area contributed by atoms with Crippen molar-refractivity contribution < 1.29 is 17.7 Å². The Morgan fingerprint density at radius 1 is 1.43 bits per heavy atom. The van der Waals surface area contributed by atoms with Crippen LogP contribution in [0.1, 0.15) is 20.3 Å². The molecule has 1 rings (SSSR count). The standard InChI is InChI=1S/C12H18FN3O4S/c1-4-8(2)7-15-21(19,20)12-10(13)5-9(16(17)18)6-11(12)14-3/h5-6,8,14-15H,4,7H2,1-3H3. The first-order valence-corrected chi connectivity index (χ1v) is 7.86. The molecule has 0 aliphatic rings. The summed E-state index contributed by atoms with van der Waals surface area (Å²) in [4.78, 5) is 9.29. The average Bonchev–Trinajstić information content (AvgIpc) is 2.43. The van der Waals surface area contributed by atoms with E-state index in [-0.39, 0.29) is 18.2 Å². The number of rotatable bonds is 7. The van der Waals surface area contributed by atoms with Crippen LogP contribution in [0, 0.1) is 21.8 Å². The van der Waals surface area contributed by atoms with E-state index >= 15 is 0 Å². The summed E-state index contributed by atoms with van der Waals surface area (Å²) in [6.45, 7) is 3.93. The Hall–Kier alpha value is -1.74. The average molecular weight is 319 g/mol. The highest BCUT2D eigenvalue weighted by atomic mass is 32.2. The van der Waals surface area contributed by atoms with Gasteiger partial charge in [0, 0.05) is 19.7 Å². The van der Waals surface area contributed by atoms with Gasteiger partial charge in [-0.2, -0.15) is 0 Å². The van der Waals surface area contributed by atoms with E-state index in [1.54, 1.807) is 0 Å². The zero-order valence-electron chi connectivity index (χ0n) is 12.0. The lowest BCUT2D eigenvalue weighted by atomic mass is 10.1. The minimum absolute atomic E-state index is 0.0962. The van der Waals surface area contributed by atoms with Gasteiger partial charge in [-0.3, -0.25) is 10.1 Å². The molecule has 1 unspecified atom stereocenters. The lowest BCUT2D eigenvalue weighted by molar-refractivity contribution is -0.385. The third-order valence-electron chi connectivity index (χ3n) is 3.10. The maximum atomic E-state index is 14.0. The Bertz CT molecular complexity index is 634.